The van der Waals surface area contributed by atoms with E-state index in [1.54, 1.807) is 6.07 Å². The molecular formula is C12H14F5NOS. The minimum atomic E-state index is -2.96. The quantitative estimate of drug-likeness (QED) is 0.599. The first-order chi connectivity index (χ1) is 9.34. The van der Waals surface area contributed by atoms with Gasteiger partial charge in [0.15, 0.2) is 17.8 Å². The average Bonchev–Trinajstić information content (AvgIpc) is 2.44. The predicted octanol–water partition coefficient (Wildman–Crippen LogP) is 2.93. The highest BCUT2D eigenvalue weighted by Gasteiger charge is 2.41. The smallest absolute Gasteiger partial charge is 0.272 e. The van der Waals surface area contributed by atoms with Crippen LogP contribution in [-0.2, 0) is 0 Å². The van der Waals surface area contributed by atoms with Crippen LogP contribution in [0.4, 0.5) is 22.0 Å². The lowest BCUT2D eigenvalue weighted by Crippen LogP contribution is -2.48. The van der Waals surface area contributed by atoms with Gasteiger partial charge in [0.05, 0.1) is 6.04 Å². The van der Waals surface area contributed by atoms with E-state index in [9.17, 15) is 22.0 Å². The number of para-hydroxylation sites is 1. The van der Waals surface area contributed by atoms with Crippen molar-refractivity contribution in [3.63, 3.8) is 0 Å². The van der Waals surface area contributed by atoms with Gasteiger partial charge in [-0.3, -0.25) is 0 Å². The van der Waals surface area contributed by atoms with Crippen LogP contribution in [0, 0.1) is 0 Å². The molecule has 0 aromatic heterocycles. The molecule has 0 saturated carbocycles. The van der Waals surface area contributed by atoms with Gasteiger partial charge in [-0.1, -0.05) is 18.2 Å². The molecule has 6 atom stereocenters. The van der Waals surface area contributed by atoms with E-state index in [0.29, 0.717) is 0 Å². The summed E-state index contributed by atoms with van der Waals surface area (Å²) in [6, 6.07) is 5.22. The zero-order valence-electron chi connectivity index (χ0n) is 10.2. The largest absolute Gasteiger partial charge is 0.457 e. The van der Waals surface area contributed by atoms with Crippen LogP contribution in [0.2, 0.25) is 0 Å². The Morgan fingerprint density at radius 3 is 1.95 bits per heavy atom. The maximum absolute atomic E-state index is 13.4. The molecule has 0 radical (unpaired) electrons. The number of rotatable bonds is 7. The van der Waals surface area contributed by atoms with E-state index in [2.05, 4.69) is 17.4 Å². The summed E-state index contributed by atoms with van der Waals surface area (Å²) in [6.45, 7) is 0. The summed E-state index contributed by atoms with van der Waals surface area (Å²) >= 11 is 3.18. The van der Waals surface area contributed by atoms with Gasteiger partial charge in [-0.25, -0.2) is 17.6 Å². The fraction of sp³-hybridized carbons (Fsp3) is 0.500. The molecule has 2 nitrogen and oxygen atoms in total. The Bertz CT molecular complexity index is 397. The lowest BCUT2D eigenvalue weighted by Gasteiger charge is -2.24. The summed E-state index contributed by atoms with van der Waals surface area (Å²) in [5, 5.41) is 0. The molecule has 0 aliphatic carbocycles. The zero-order chi connectivity index (χ0) is 15.3. The highest BCUT2D eigenvalue weighted by Crippen LogP contribution is 2.24. The number of thiol groups is 1. The Morgan fingerprint density at radius 2 is 1.45 bits per heavy atom. The molecular weight excluding hydrogens is 301 g/mol. The van der Waals surface area contributed by atoms with Crippen molar-refractivity contribution < 1.29 is 26.7 Å². The minimum Gasteiger partial charge on any atom is -0.457 e. The summed E-state index contributed by atoms with van der Waals surface area (Å²) in [7, 11) is 0. The Kier molecular flexibility index (Phi) is 6.54. The fourth-order valence-electron chi connectivity index (χ4n) is 1.38. The molecule has 0 fully saturated rings. The van der Waals surface area contributed by atoms with Gasteiger partial charge in [-0.15, -0.1) is 12.6 Å². The Hall–Kier alpha value is -1.02. The summed E-state index contributed by atoms with van der Waals surface area (Å²) in [5.41, 5.74) is 2.76. The van der Waals surface area contributed by atoms with Gasteiger partial charge in [-0.2, -0.15) is 4.39 Å². The standard InChI is InChI=1S/C12H14F5NOS/c13-7(8(14)10(18)12(17)20)9(15)11(16)19-6-4-2-1-3-5-6/h1-5,7-12,20H,18H2. The van der Waals surface area contributed by atoms with Crippen LogP contribution < -0.4 is 10.5 Å². The predicted molar refractivity (Wildman–Crippen MR) is 68.5 cm³/mol. The molecule has 1 aromatic rings. The molecule has 0 bridgehead atoms. The van der Waals surface area contributed by atoms with Crippen LogP contribution >= 0.6 is 12.6 Å². The molecule has 0 aliphatic heterocycles. The molecule has 6 unspecified atom stereocenters. The number of hydrogen-bond donors (Lipinski definition) is 2. The van der Waals surface area contributed by atoms with Crippen molar-refractivity contribution in [3.05, 3.63) is 30.3 Å². The maximum atomic E-state index is 13.4. The third-order valence-corrected chi connectivity index (χ3v) is 2.88. The number of ether oxygens (including phenoxy) is 1. The molecule has 114 valence electrons. The first kappa shape index (κ1) is 17.0. The maximum Gasteiger partial charge on any atom is 0.272 e. The molecule has 0 heterocycles. The summed E-state index contributed by atoms with van der Waals surface area (Å²) in [5.74, 6) is -0.0490. The summed E-state index contributed by atoms with van der Waals surface area (Å²) < 4.78 is 70.7. The van der Waals surface area contributed by atoms with Crippen molar-refractivity contribution in [3.8, 4) is 5.75 Å². The van der Waals surface area contributed by atoms with E-state index in [1.165, 1.54) is 24.3 Å². The van der Waals surface area contributed by atoms with Crippen molar-refractivity contribution in [2.45, 2.75) is 36.4 Å². The van der Waals surface area contributed by atoms with Gasteiger partial charge >= 0.3 is 0 Å². The monoisotopic (exact) mass is 315 g/mol. The SMILES string of the molecule is NC(C(F)S)C(F)C(F)C(F)C(F)Oc1ccccc1. The van der Waals surface area contributed by atoms with Crippen LogP contribution in [0.3, 0.4) is 0 Å². The molecule has 2 N–H and O–H groups in total. The van der Waals surface area contributed by atoms with Crippen molar-refractivity contribution in [2.24, 2.45) is 5.73 Å². The summed E-state index contributed by atoms with van der Waals surface area (Å²) in [6.07, 6.45) is -11.4. The second-order valence-electron chi connectivity index (χ2n) is 4.07. The number of nitrogens with two attached hydrogens (primary N) is 1. The Balaban J connectivity index is 2.61. The molecule has 0 spiro atoms. The first-order valence-corrected chi connectivity index (χ1v) is 6.22. The van der Waals surface area contributed by atoms with Crippen LogP contribution in [0.5, 0.6) is 5.75 Å². The Morgan fingerprint density at radius 1 is 0.900 bits per heavy atom. The normalized spacial score (nSPS) is 20.6. The lowest BCUT2D eigenvalue weighted by molar-refractivity contribution is -0.0611. The van der Waals surface area contributed by atoms with E-state index in [-0.39, 0.29) is 5.75 Å². The van der Waals surface area contributed by atoms with Gasteiger partial charge in [0, 0.05) is 0 Å². The molecule has 1 rings (SSSR count). The molecule has 8 heteroatoms. The number of halogens is 5. The van der Waals surface area contributed by atoms with E-state index in [1.807, 2.05) is 0 Å². The minimum absolute atomic E-state index is 0.0490. The van der Waals surface area contributed by atoms with Crippen LogP contribution in [0.1, 0.15) is 0 Å². The average molecular weight is 315 g/mol. The highest BCUT2D eigenvalue weighted by molar-refractivity contribution is 7.80. The molecule has 1 aromatic carbocycles. The van der Waals surface area contributed by atoms with Gasteiger partial charge in [-0.05, 0) is 12.1 Å². The van der Waals surface area contributed by atoms with Crippen molar-refractivity contribution in [1.29, 1.82) is 0 Å². The highest BCUT2D eigenvalue weighted by atomic mass is 32.1. The van der Waals surface area contributed by atoms with Gasteiger partial charge < -0.3 is 10.5 Å². The van der Waals surface area contributed by atoms with E-state index >= 15 is 0 Å². The fourth-order valence-corrected chi connectivity index (χ4v) is 1.54. The molecule has 0 aliphatic rings. The topological polar surface area (TPSA) is 35.2 Å². The van der Waals surface area contributed by atoms with E-state index < -0.39 is 36.4 Å². The number of hydrogen-bond acceptors (Lipinski definition) is 3. The van der Waals surface area contributed by atoms with E-state index in [0.717, 1.165) is 0 Å². The van der Waals surface area contributed by atoms with Gasteiger partial charge in [0.1, 0.15) is 5.75 Å². The van der Waals surface area contributed by atoms with Crippen molar-refractivity contribution in [1.82, 2.24) is 0 Å². The third-order valence-electron chi connectivity index (χ3n) is 2.54. The van der Waals surface area contributed by atoms with Crippen LogP contribution in [-0.4, -0.2) is 36.4 Å². The van der Waals surface area contributed by atoms with Crippen LogP contribution in [0.25, 0.3) is 0 Å². The van der Waals surface area contributed by atoms with Crippen molar-refractivity contribution >= 4 is 12.6 Å². The Labute approximate surface area is 118 Å². The van der Waals surface area contributed by atoms with E-state index in [4.69, 9.17) is 5.73 Å². The lowest BCUT2D eigenvalue weighted by atomic mass is 10.1. The number of alkyl halides is 5. The van der Waals surface area contributed by atoms with Crippen LogP contribution in [0.15, 0.2) is 30.3 Å². The second kappa shape index (κ2) is 7.68. The first-order valence-electron chi connectivity index (χ1n) is 5.70. The third kappa shape index (κ3) is 4.52. The molecule has 0 amide bonds. The summed E-state index contributed by atoms with van der Waals surface area (Å²) in [4.78, 5) is 0. The zero-order valence-corrected chi connectivity index (χ0v) is 11.1. The molecule has 20 heavy (non-hydrogen) atoms. The van der Waals surface area contributed by atoms with Crippen molar-refractivity contribution in [2.75, 3.05) is 0 Å². The molecule has 0 saturated heterocycles. The van der Waals surface area contributed by atoms with Gasteiger partial charge in [0.25, 0.3) is 6.36 Å². The van der Waals surface area contributed by atoms with Gasteiger partial charge in [0.2, 0.25) is 6.17 Å². The number of benzene rings is 1. The second-order valence-corrected chi connectivity index (χ2v) is 4.56.